The van der Waals surface area contributed by atoms with E-state index < -0.39 is 24.4 Å². The summed E-state index contributed by atoms with van der Waals surface area (Å²) in [4.78, 5) is 46.6. The number of esters is 1. The lowest BCUT2D eigenvalue weighted by Crippen LogP contribution is -2.38. The standard InChI is InChI=1S/C18H20ClN5O4/c1-23(10-15(25)22-14-7-4-3-6-13(14)19)16(26)12-28-17(27)11-24(2)18-20-8-5-9-21-18/h3-9H,10-12H2,1-2H3,(H,22,25). The summed E-state index contributed by atoms with van der Waals surface area (Å²) < 4.78 is 4.96. The van der Waals surface area contributed by atoms with Crippen molar-refractivity contribution >= 4 is 41.0 Å². The molecule has 1 aromatic heterocycles. The van der Waals surface area contributed by atoms with E-state index in [-0.39, 0.29) is 13.1 Å². The zero-order chi connectivity index (χ0) is 20.5. The summed E-state index contributed by atoms with van der Waals surface area (Å²) in [5.41, 5.74) is 0.451. The minimum absolute atomic E-state index is 0.117. The molecule has 0 aliphatic carbocycles. The first-order valence-electron chi connectivity index (χ1n) is 8.29. The molecule has 0 aliphatic heterocycles. The molecule has 10 heteroatoms. The van der Waals surface area contributed by atoms with Crippen molar-refractivity contribution in [2.24, 2.45) is 0 Å². The zero-order valence-electron chi connectivity index (χ0n) is 15.5. The number of para-hydroxylation sites is 1. The molecule has 0 atom stereocenters. The summed E-state index contributed by atoms with van der Waals surface area (Å²) in [6.07, 6.45) is 3.10. The van der Waals surface area contributed by atoms with Crippen LogP contribution in [0, 0.1) is 0 Å². The summed E-state index contributed by atoms with van der Waals surface area (Å²) in [5.74, 6) is -1.19. The number of halogens is 1. The SMILES string of the molecule is CN(CC(=O)Nc1ccccc1Cl)C(=O)COC(=O)CN(C)c1ncccn1. The molecule has 0 bridgehead atoms. The fourth-order valence-electron chi connectivity index (χ4n) is 2.11. The van der Waals surface area contributed by atoms with Crippen molar-refractivity contribution in [3.05, 3.63) is 47.7 Å². The van der Waals surface area contributed by atoms with E-state index in [2.05, 4.69) is 15.3 Å². The van der Waals surface area contributed by atoms with Crippen LogP contribution in [0.15, 0.2) is 42.7 Å². The molecule has 1 heterocycles. The summed E-state index contributed by atoms with van der Waals surface area (Å²) in [6.45, 7) is -0.800. The molecular formula is C18H20ClN5O4. The van der Waals surface area contributed by atoms with Gasteiger partial charge in [-0.15, -0.1) is 0 Å². The van der Waals surface area contributed by atoms with E-state index in [1.165, 1.54) is 11.9 Å². The van der Waals surface area contributed by atoms with Gasteiger partial charge in [0.15, 0.2) is 6.61 Å². The maximum Gasteiger partial charge on any atom is 0.326 e. The topological polar surface area (TPSA) is 105 Å². The maximum absolute atomic E-state index is 12.1. The van der Waals surface area contributed by atoms with Crippen molar-refractivity contribution in [1.82, 2.24) is 14.9 Å². The van der Waals surface area contributed by atoms with Gasteiger partial charge in [-0.25, -0.2) is 9.97 Å². The van der Waals surface area contributed by atoms with Gasteiger partial charge in [-0.2, -0.15) is 0 Å². The third-order valence-electron chi connectivity index (χ3n) is 3.57. The van der Waals surface area contributed by atoms with Gasteiger partial charge in [-0.3, -0.25) is 14.4 Å². The summed E-state index contributed by atoms with van der Waals surface area (Å²) >= 11 is 5.97. The number of benzene rings is 1. The lowest BCUT2D eigenvalue weighted by molar-refractivity contribution is -0.150. The molecule has 0 unspecified atom stereocenters. The highest BCUT2D eigenvalue weighted by Crippen LogP contribution is 2.20. The fourth-order valence-corrected chi connectivity index (χ4v) is 2.29. The number of carbonyl (C=O) groups excluding carboxylic acids is 3. The van der Waals surface area contributed by atoms with Crippen LogP contribution in [0.2, 0.25) is 5.02 Å². The van der Waals surface area contributed by atoms with Crippen LogP contribution in [0.25, 0.3) is 0 Å². The molecule has 0 saturated carbocycles. The highest BCUT2D eigenvalue weighted by Gasteiger charge is 2.17. The van der Waals surface area contributed by atoms with Crippen molar-refractivity contribution in [2.45, 2.75) is 0 Å². The molecule has 0 radical (unpaired) electrons. The van der Waals surface area contributed by atoms with Crippen LogP contribution < -0.4 is 10.2 Å². The van der Waals surface area contributed by atoms with Crippen molar-refractivity contribution in [3.63, 3.8) is 0 Å². The predicted octanol–water partition coefficient (Wildman–Crippen LogP) is 1.21. The van der Waals surface area contributed by atoms with Crippen LogP contribution in [0.4, 0.5) is 11.6 Å². The number of amides is 2. The van der Waals surface area contributed by atoms with Crippen molar-refractivity contribution in [3.8, 4) is 0 Å². The van der Waals surface area contributed by atoms with E-state index in [1.54, 1.807) is 49.8 Å². The molecule has 2 amide bonds. The van der Waals surface area contributed by atoms with E-state index in [4.69, 9.17) is 16.3 Å². The first kappa shape index (κ1) is 21.1. The predicted molar refractivity (Wildman–Crippen MR) is 104 cm³/mol. The fraction of sp³-hybridized carbons (Fsp3) is 0.278. The van der Waals surface area contributed by atoms with Gasteiger partial charge in [0, 0.05) is 26.5 Å². The first-order chi connectivity index (χ1) is 13.4. The first-order valence-corrected chi connectivity index (χ1v) is 8.66. The highest BCUT2D eigenvalue weighted by atomic mass is 35.5. The third kappa shape index (κ3) is 6.51. The molecule has 0 saturated heterocycles. The van der Waals surface area contributed by atoms with E-state index in [9.17, 15) is 14.4 Å². The van der Waals surface area contributed by atoms with Crippen molar-refractivity contribution in [1.29, 1.82) is 0 Å². The Bertz CT molecular complexity index is 834. The van der Waals surface area contributed by atoms with E-state index >= 15 is 0 Å². The van der Waals surface area contributed by atoms with E-state index in [1.807, 2.05) is 0 Å². The summed E-state index contributed by atoms with van der Waals surface area (Å²) in [5, 5.41) is 3.01. The van der Waals surface area contributed by atoms with Crippen molar-refractivity contribution in [2.75, 3.05) is 44.0 Å². The number of rotatable bonds is 8. The summed E-state index contributed by atoms with van der Waals surface area (Å²) in [7, 11) is 3.07. The largest absolute Gasteiger partial charge is 0.454 e. The molecule has 148 valence electrons. The second-order valence-corrected chi connectivity index (χ2v) is 6.25. The van der Waals surface area contributed by atoms with Gasteiger partial charge in [0.05, 0.1) is 17.3 Å². The number of hydrogen-bond acceptors (Lipinski definition) is 7. The minimum atomic E-state index is -0.614. The van der Waals surface area contributed by atoms with E-state index in [0.29, 0.717) is 16.7 Å². The number of hydrogen-bond donors (Lipinski definition) is 1. The quantitative estimate of drug-likeness (QED) is 0.658. The van der Waals surface area contributed by atoms with Gasteiger partial charge in [-0.05, 0) is 18.2 Å². The average Bonchev–Trinajstić information content (AvgIpc) is 2.68. The highest BCUT2D eigenvalue weighted by molar-refractivity contribution is 6.33. The average molecular weight is 406 g/mol. The number of ether oxygens (including phenoxy) is 1. The molecule has 0 aliphatic rings. The number of anilines is 2. The van der Waals surface area contributed by atoms with Gasteiger partial charge < -0.3 is 19.9 Å². The van der Waals surface area contributed by atoms with Crippen LogP contribution in [0.5, 0.6) is 0 Å². The van der Waals surface area contributed by atoms with Gasteiger partial charge in [0.1, 0.15) is 6.54 Å². The Morgan fingerprint density at radius 3 is 2.43 bits per heavy atom. The Morgan fingerprint density at radius 2 is 1.75 bits per heavy atom. The third-order valence-corrected chi connectivity index (χ3v) is 3.90. The van der Waals surface area contributed by atoms with Crippen LogP contribution in [0.1, 0.15) is 0 Å². The number of nitrogens with one attached hydrogen (secondary N) is 1. The van der Waals surface area contributed by atoms with Gasteiger partial charge in [0.2, 0.25) is 11.9 Å². The molecule has 28 heavy (non-hydrogen) atoms. The second-order valence-electron chi connectivity index (χ2n) is 5.84. The van der Waals surface area contributed by atoms with Gasteiger partial charge in [0.25, 0.3) is 5.91 Å². The van der Waals surface area contributed by atoms with Crippen molar-refractivity contribution < 1.29 is 19.1 Å². The van der Waals surface area contributed by atoms with Gasteiger partial charge in [-0.1, -0.05) is 23.7 Å². The molecule has 0 spiro atoms. The zero-order valence-corrected chi connectivity index (χ0v) is 16.2. The Balaban J connectivity index is 1.75. The van der Waals surface area contributed by atoms with Crippen LogP contribution in [-0.4, -0.2) is 66.4 Å². The molecule has 9 nitrogen and oxygen atoms in total. The van der Waals surface area contributed by atoms with E-state index in [0.717, 1.165) is 4.90 Å². The molecule has 1 aromatic carbocycles. The normalized spacial score (nSPS) is 10.1. The van der Waals surface area contributed by atoms with Gasteiger partial charge >= 0.3 is 5.97 Å². The van der Waals surface area contributed by atoms with Crippen LogP contribution >= 0.6 is 11.6 Å². The monoisotopic (exact) mass is 405 g/mol. The number of aromatic nitrogens is 2. The summed E-state index contributed by atoms with van der Waals surface area (Å²) in [6, 6.07) is 8.42. The minimum Gasteiger partial charge on any atom is -0.454 e. The van der Waals surface area contributed by atoms with Crippen LogP contribution in [0.3, 0.4) is 0 Å². The second kappa shape index (κ2) is 10.2. The number of nitrogens with zero attached hydrogens (tertiary/aromatic N) is 4. The smallest absolute Gasteiger partial charge is 0.326 e. The lowest BCUT2D eigenvalue weighted by Gasteiger charge is -2.18. The lowest BCUT2D eigenvalue weighted by atomic mass is 10.3. The molecule has 1 N–H and O–H groups in total. The molecule has 2 aromatic rings. The number of likely N-dealkylation sites (N-methyl/N-ethyl adjacent to an activating group) is 2. The molecule has 2 rings (SSSR count). The Morgan fingerprint density at radius 1 is 1.07 bits per heavy atom. The number of carbonyl (C=O) groups is 3. The molecule has 0 fully saturated rings. The maximum atomic E-state index is 12.1. The Kier molecular flexibility index (Phi) is 7.70. The Hall–Kier alpha value is -3.20. The molecular weight excluding hydrogens is 386 g/mol. The Labute approximate surface area is 167 Å². The van der Waals surface area contributed by atoms with Crippen LogP contribution in [-0.2, 0) is 19.1 Å².